The lowest BCUT2D eigenvalue weighted by molar-refractivity contribution is -0.129. The lowest BCUT2D eigenvalue weighted by atomic mass is 9.96. The maximum absolute atomic E-state index is 12.1. The molecule has 5 heteroatoms. The van der Waals surface area contributed by atoms with Gasteiger partial charge < -0.3 is 15.4 Å². The maximum atomic E-state index is 12.1. The summed E-state index contributed by atoms with van der Waals surface area (Å²) < 4.78 is 5.32. The van der Waals surface area contributed by atoms with Crippen molar-refractivity contribution in [2.45, 2.75) is 52.1 Å². The molecule has 0 heterocycles. The van der Waals surface area contributed by atoms with Crippen molar-refractivity contribution in [3.63, 3.8) is 0 Å². The molecule has 0 aliphatic rings. The van der Waals surface area contributed by atoms with Gasteiger partial charge in [0.05, 0.1) is 7.11 Å². The molecule has 2 atom stereocenters. The summed E-state index contributed by atoms with van der Waals surface area (Å²) in [6.45, 7) is 7.42. The first kappa shape index (κ1) is 18.0. The second kappa shape index (κ2) is 8.41. The van der Waals surface area contributed by atoms with E-state index in [2.05, 4.69) is 10.6 Å². The number of carbonyl (C=O) groups excluding carboxylic acids is 2. The van der Waals surface area contributed by atoms with E-state index >= 15 is 0 Å². The van der Waals surface area contributed by atoms with E-state index in [0.29, 0.717) is 6.42 Å². The van der Waals surface area contributed by atoms with Crippen LogP contribution in [0.5, 0.6) is 5.75 Å². The van der Waals surface area contributed by atoms with Gasteiger partial charge in [-0.25, -0.2) is 0 Å². The highest BCUT2D eigenvalue weighted by molar-refractivity contribution is 5.87. The predicted molar refractivity (Wildman–Crippen MR) is 86.9 cm³/mol. The molecule has 0 spiro atoms. The van der Waals surface area contributed by atoms with Crippen molar-refractivity contribution in [2.75, 3.05) is 7.11 Å². The molecule has 0 aromatic heterocycles. The van der Waals surface area contributed by atoms with Crippen molar-refractivity contribution in [3.05, 3.63) is 29.8 Å². The Morgan fingerprint density at radius 2 is 1.73 bits per heavy atom. The maximum Gasteiger partial charge on any atom is 0.242 e. The zero-order chi connectivity index (χ0) is 16.7. The molecule has 0 aliphatic heterocycles. The Hall–Kier alpha value is -2.04. The van der Waals surface area contributed by atoms with Gasteiger partial charge in [0.15, 0.2) is 0 Å². The minimum atomic E-state index is -0.542. The molecule has 5 nitrogen and oxygen atoms in total. The molecular formula is C17H26N2O3. The number of carbonyl (C=O) groups is 2. The van der Waals surface area contributed by atoms with Crippen molar-refractivity contribution in [2.24, 2.45) is 0 Å². The monoisotopic (exact) mass is 306 g/mol. The van der Waals surface area contributed by atoms with Gasteiger partial charge in [-0.15, -0.1) is 0 Å². The third kappa shape index (κ3) is 5.39. The van der Waals surface area contributed by atoms with E-state index in [0.717, 1.165) is 11.3 Å². The quantitative estimate of drug-likeness (QED) is 0.811. The Morgan fingerprint density at radius 3 is 2.32 bits per heavy atom. The van der Waals surface area contributed by atoms with Crippen LogP contribution in [-0.2, 0) is 9.59 Å². The van der Waals surface area contributed by atoms with E-state index in [9.17, 15) is 9.59 Å². The number of hydrogen-bond donors (Lipinski definition) is 2. The summed E-state index contributed by atoms with van der Waals surface area (Å²) in [5.74, 6) is 0.461. The number of para-hydroxylation sites is 1. The van der Waals surface area contributed by atoms with Crippen LogP contribution in [-0.4, -0.2) is 31.0 Å². The summed E-state index contributed by atoms with van der Waals surface area (Å²) in [4.78, 5) is 23.9. The average Bonchev–Trinajstić information content (AvgIpc) is 2.46. The van der Waals surface area contributed by atoms with Gasteiger partial charge in [0, 0.05) is 12.5 Å². The first-order chi connectivity index (χ1) is 10.3. The van der Waals surface area contributed by atoms with Crippen molar-refractivity contribution in [3.8, 4) is 5.75 Å². The van der Waals surface area contributed by atoms with Crippen LogP contribution in [0.15, 0.2) is 24.3 Å². The number of rotatable bonds is 7. The van der Waals surface area contributed by atoms with Gasteiger partial charge in [-0.2, -0.15) is 0 Å². The fraction of sp³-hybridized carbons (Fsp3) is 0.529. The topological polar surface area (TPSA) is 67.4 Å². The zero-order valence-electron chi connectivity index (χ0n) is 14.0. The van der Waals surface area contributed by atoms with Gasteiger partial charge in [0.2, 0.25) is 11.8 Å². The zero-order valence-corrected chi connectivity index (χ0v) is 14.0. The Labute approximate surface area is 132 Å². The summed E-state index contributed by atoms with van der Waals surface area (Å²) in [5, 5.41) is 5.51. The molecule has 1 rings (SSSR count). The van der Waals surface area contributed by atoms with E-state index in [1.165, 1.54) is 0 Å². The predicted octanol–water partition coefficient (Wildman–Crippen LogP) is 2.22. The fourth-order valence-electron chi connectivity index (χ4n) is 2.24. The Morgan fingerprint density at radius 1 is 1.09 bits per heavy atom. The molecule has 1 aromatic rings. The number of hydrogen-bond acceptors (Lipinski definition) is 3. The van der Waals surface area contributed by atoms with Gasteiger partial charge in [-0.05, 0) is 38.3 Å². The summed E-state index contributed by atoms with van der Waals surface area (Å²) >= 11 is 0. The molecule has 0 unspecified atom stereocenters. The molecule has 0 saturated carbocycles. The van der Waals surface area contributed by atoms with Crippen LogP contribution >= 0.6 is 0 Å². The van der Waals surface area contributed by atoms with Gasteiger partial charge in [0.1, 0.15) is 11.8 Å². The molecule has 0 bridgehead atoms. The third-order valence-corrected chi connectivity index (χ3v) is 3.36. The highest BCUT2D eigenvalue weighted by Gasteiger charge is 2.19. The number of amides is 2. The highest BCUT2D eigenvalue weighted by Crippen LogP contribution is 2.28. The van der Waals surface area contributed by atoms with Gasteiger partial charge in [0.25, 0.3) is 0 Å². The Kier molecular flexibility index (Phi) is 6.89. The molecule has 1 aromatic carbocycles. The number of methoxy groups -OCH3 is 1. The molecule has 0 radical (unpaired) electrons. The van der Waals surface area contributed by atoms with E-state index in [1.54, 1.807) is 14.0 Å². The molecule has 0 fully saturated rings. The van der Waals surface area contributed by atoms with Gasteiger partial charge >= 0.3 is 0 Å². The smallest absolute Gasteiger partial charge is 0.242 e. The van der Waals surface area contributed by atoms with Crippen LogP contribution in [0.4, 0.5) is 0 Å². The molecule has 0 saturated heterocycles. The SMILES string of the molecule is COc1ccccc1[C@H](C)CC(=O)N[C@H](C)C(=O)NC(C)C. The van der Waals surface area contributed by atoms with Crippen LogP contribution in [0.2, 0.25) is 0 Å². The molecule has 122 valence electrons. The van der Waals surface area contributed by atoms with Crippen LogP contribution in [0.3, 0.4) is 0 Å². The first-order valence-electron chi connectivity index (χ1n) is 7.57. The van der Waals surface area contributed by atoms with E-state index in [4.69, 9.17) is 4.74 Å². The average molecular weight is 306 g/mol. The molecule has 22 heavy (non-hydrogen) atoms. The third-order valence-electron chi connectivity index (χ3n) is 3.36. The van der Waals surface area contributed by atoms with Crippen molar-refractivity contribution < 1.29 is 14.3 Å². The van der Waals surface area contributed by atoms with E-state index < -0.39 is 6.04 Å². The first-order valence-corrected chi connectivity index (χ1v) is 7.57. The summed E-state index contributed by atoms with van der Waals surface area (Å²) in [7, 11) is 1.62. The normalized spacial score (nSPS) is 13.4. The van der Waals surface area contributed by atoms with Crippen LogP contribution in [0, 0.1) is 0 Å². The number of ether oxygens (including phenoxy) is 1. The Balaban J connectivity index is 2.59. The summed E-state index contributed by atoms with van der Waals surface area (Å²) in [5.41, 5.74) is 0.986. The molecule has 2 N–H and O–H groups in total. The van der Waals surface area contributed by atoms with Crippen LogP contribution in [0.25, 0.3) is 0 Å². The minimum Gasteiger partial charge on any atom is -0.496 e. The summed E-state index contributed by atoms with van der Waals surface area (Å²) in [6, 6.07) is 7.16. The van der Waals surface area contributed by atoms with Gasteiger partial charge in [-0.1, -0.05) is 25.1 Å². The standard InChI is InChI=1S/C17H26N2O3/c1-11(2)18-17(21)13(4)19-16(20)10-12(3)14-8-6-7-9-15(14)22-5/h6-9,11-13H,10H2,1-5H3,(H,18,21)(H,19,20)/t12-,13-/m1/s1. The Bertz CT molecular complexity index is 514. The summed E-state index contributed by atoms with van der Waals surface area (Å²) in [6.07, 6.45) is 0.305. The second-order valence-electron chi connectivity index (χ2n) is 5.80. The van der Waals surface area contributed by atoms with Crippen molar-refractivity contribution in [1.29, 1.82) is 0 Å². The largest absolute Gasteiger partial charge is 0.496 e. The molecule has 2 amide bonds. The fourth-order valence-corrected chi connectivity index (χ4v) is 2.24. The van der Waals surface area contributed by atoms with Crippen LogP contribution in [0.1, 0.15) is 45.6 Å². The molecule has 0 aliphatic carbocycles. The minimum absolute atomic E-state index is 0.0107. The lowest BCUT2D eigenvalue weighted by Gasteiger charge is -2.18. The number of benzene rings is 1. The lowest BCUT2D eigenvalue weighted by Crippen LogP contribution is -2.46. The molecular weight excluding hydrogens is 280 g/mol. The van der Waals surface area contributed by atoms with E-state index in [1.807, 2.05) is 45.0 Å². The highest BCUT2D eigenvalue weighted by atomic mass is 16.5. The van der Waals surface area contributed by atoms with Crippen molar-refractivity contribution in [1.82, 2.24) is 10.6 Å². The van der Waals surface area contributed by atoms with Gasteiger partial charge in [-0.3, -0.25) is 9.59 Å². The van der Waals surface area contributed by atoms with Crippen LogP contribution < -0.4 is 15.4 Å². The van der Waals surface area contributed by atoms with Crippen molar-refractivity contribution >= 4 is 11.8 Å². The number of nitrogens with one attached hydrogen (secondary N) is 2. The van der Waals surface area contributed by atoms with E-state index in [-0.39, 0.29) is 23.8 Å². The second-order valence-corrected chi connectivity index (χ2v) is 5.80.